The minimum atomic E-state index is -0.312. The van der Waals surface area contributed by atoms with Gasteiger partial charge >= 0.3 is 0 Å². The summed E-state index contributed by atoms with van der Waals surface area (Å²) in [6.45, 7) is 0.580. The van der Waals surface area contributed by atoms with Gasteiger partial charge in [0.2, 0.25) is 5.91 Å². The number of methoxy groups -OCH3 is 1. The lowest BCUT2D eigenvalue weighted by atomic mass is 10.1. The van der Waals surface area contributed by atoms with E-state index in [-0.39, 0.29) is 12.0 Å². The normalized spacial score (nSPS) is 12.8. The fourth-order valence-corrected chi connectivity index (χ4v) is 1.08. The van der Waals surface area contributed by atoms with Gasteiger partial charge in [-0.2, -0.15) is 0 Å². The molecule has 1 amide bonds. The zero-order valence-corrected chi connectivity index (χ0v) is 8.16. The van der Waals surface area contributed by atoms with Crippen LogP contribution in [0.25, 0.3) is 0 Å². The lowest BCUT2D eigenvalue weighted by Crippen LogP contribution is -2.12. The first-order valence-corrected chi connectivity index (χ1v) is 4.62. The molecule has 0 fully saturated rings. The van der Waals surface area contributed by atoms with Crippen molar-refractivity contribution in [3.05, 3.63) is 0 Å². The second-order valence-corrected chi connectivity index (χ2v) is 3.15. The Kier molecular flexibility index (Phi) is 7.63. The highest BCUT2D eigenvalue weighted by molar-refractivity contribution is 5.73. The summed E-state index contributed by atoms with van der Waals surface area (Å²) >= 11 is 0. The minimum absolute atomic E-state index is 0.272. The molecule has 4 nitrogen and oxygen atoms in total. The van der Waals surface area contributed by atoms with E-state index in [1.54, 1.807) is 7.11 Å². The van der Waals surface area contributed by atoms with Gasteiger partial charge in [0, 0.05) is 20.1 Å². The first kappa shape index (κ1) is 12.4. The zero-order chi connectivity index (χ0) is 10.1. The second kappa shape index (κ2) is 8.01. The van der Waals surface area contributed by atoms with Crippen molar-refractivity contribution in [3.8, 4) is 0 Å². The average Bonchev–Trinajstić information content (AvgIpc) is 2.08. The number of primary amides is 1. The molecule has 0 aliphatic carbocycles. The van der Waals surface area contributed by atoms with E-state index in [2.05, 4.69) is 0 Å². The Morgan fingerprint density at radius 3 is 2.69 bits per heavy atom. The molecule has 0 spiro atoms. The van der Waals surface area contributed by atoms with Gasteiger partial charge in [-0.15, -0.1) is 0 Å². The molecule has 0 aromatic rings. The van der Waals surface area contributed by atoms with Crippen LogP contribution < -0.4 is 5.73 Å². The minimum Gasteiger partial charge on any atom is -0.393 e. The predicted molar refractivity (Wildman–Crippen MR) is 50.2 cm³/mol. The van der Waals surface area contributed by atoms with Gasteiger partial charge in [-0.25, -0.2) is 0 Å². The molecule has 78 valence electrons. The van der Waals surface area contributed by atoms with E-state index in [4.69, 9.17) is 10.5 Å². The summed E-state index contributed by atoms with van der Waals surface area (Å²) in [4.78, 5) is 10.4. The van der Waals surface area contributed by atoms with E-state index in [1.807, 2.05) is 0 Å². The van der Waals surface area contributed by atoms with Gasteiger partial charge in [0.25, 0.3) is 0 Å². The quantitative estimate of drug-likeness (QED) is 0.544. The number of aliphatic hydroxyl groups is 1. The third-order valence-corrected chi connectivity index (χ3v) is 1.87. The molecule has 13 heavy (non-hydrogen) atoms. The highest BCUT2D eigenvalue weighted by atomic mass is 16.5. The van der Waals surface area contributed by atoms with Crippen molar-refractivity contribution in [2.75, 3.05) is 13.7 Å². The number of rotatable bonds is 8. The largest absolute Gasteiger partial charge is 0.393 e. The van der Waals surface area contributed by atoms with E-state index in [0.717, 1.165) is 19.3 Å². The number of aliphatic hydroxyl groups excluding tert-OH is 1. The maximum absolute atomic E-state index is 10.4. The van der Waals surface area contributed by atoms with Crippen LogP contribution in [0, 0.1) is 0 Å². The second-order valence-electron chi connectivity index (χ2n) is 3.15. The van der Waals surface area contributed by atoms with Crippen molar-refractivity contribution < 1.29 is 14.6 Å². The van der Waals surface area contributed by atoms with Gasteiger partial charge < -0.3 is 15.6 Å². The Balaban J connectivity index is 3.16. The number of hydrogen-bond acceptors (Lipinski definition) is 3. The van der Waals surface area contributed by atoms with Gasteiger partial charge in [0.15, 0.2) is 0 Å². The van der Waals surface area contributed by atoms with Gasteiger partial charge in [0.1, 0.15) is 0 Å². The number of unbranched alkanes of at least 4 members (excludes halogenated alkanes) is 1. The monoisotopic (exact) mass is 189 g/mol. The van der Waals surface area contributed by atoms with Gasteiger partial charge in [0.05, 0.1) is 6.10 Å². The molecule has 0 aromatic heterocycles. The van der Waals surface area contributed by atoms with Crippen LogP contribution in [-0.4, -0.2) is 30.8 Å². The number of nitrogens with two attached hydrogens (primary N) is 1. The lowest BCUT2D eigenvalue weighted by molar-refractivity contribution is -0.118. The van der Waals surface area contributed by atoms with Crippen LogP contribution >= 0.6 is 0 Å². The topological polar surface area (TPSA) is 72.6 Å². The van der Waals surface area contributed by atoms with E-state index in [0.29, 0.717) is 19.4 Å². The van der Waals surface area contributed by atoms with E-state index >= 15 is 0 Å². The zero-order valence-electron chi connectivity index (χ0n) is 8.16. The first-order chi connectivity index (χ1) is 6.16. The highest BCUT2D eigenvalue weighted by Gasteiger charge is 2.03. The van der Waals surface area contributed by atoms with Crippen LogP contribution in [0.3, 0.4) is 0 Å². The fraction of sp³-hybridized carbons (Fsp3) is 0.889. The van der Waals surface area contributed by atoms with Crippen molar-refractivity contribution >= 4 is 5.91 Å². The maximum Gasteiger partial charge on any atom is 0.217 e. The number of hydrogen-bond donors (Lipinski definition) is 2. The molecule has 0 unspecified atom stereocenters. The molecule has 0 rings (SSSR count). The van der Waals surface area contributed by atoms with Crippen LogP contribution in [0.1, 0.15) is 32.1 Å². The van der Waals surface area contributed by atoms with Gasteiger partial charge in [-0.3, -0.25) is 4.79 Å². The van der Waals surface area contributed by atoms with Crippen LogP contribution in [0.5, 0.6) is 0 Å². The Labute approximate surface area is 79.1 Å². The molecule has 3 N–H and O–H groups in total. The van der Waals surface area contributed by atoms with Gasteiger partial charge in [-0.05, 0) is 19.3 Å². The smallest absolute Gasteiger partial charge is 0.217 e. The molecule has 0 saturated heterocycles. The van der Waals surface area contributed by atoms with Crippen LogP contribution in [0.4, 0.5) is 0 Å². The molecule has 0 aliphatic rings. The lowest BCUT2D eigenvalue weighted by Gasteiger charge is -2.08. The summed E-state index contributed by atoms with van der Waals surface area (Å²) in [7, 11) is 1.61. The summed E-state index contributed by atoms with van der Waals surface area (Å²) in [5.74, 6) is -0.272. The highest BCUT2D eigenvalue weighted by Crippen LogP contribution is 2.06. The summed E-state index contributed by atoms with van der Waals surface area (Å²) in [6, 6.07) is 0. The average molecular weight is 189 g/mol. The SMILES string of the molecule is COCC[C@@H](O)CCCCC(N)=O. The van der Waals surface area contributed by atoms with Crippen molar-refractivity contribution in [1.82, 2.24) is 0 Å². The summed E-state index contributed by atoms with van der Waals surface area (Å²) in [5.41, 5.74) is 4.97. The molecule has 0 bridgehead atoms. The van der Waals surface area contributed by atoms with Crippen LogP contribution in [-0.2, 0) is 9.53 Å². The van der Waals surface area contributed by atoms with Gasteiger partial charge in [-0.1, -0.05) is 6.42 Å². The van der Waals surface area contributed by atoms with Crippen molar-refractivity contribution in [2.24, 2.45) is 5.73 Å². The Morgan fingerprint density at radius 2 is 2.15 bits per heavy atom. The standard InChI is InChI=1S/C9H19NO3/c1-13-7-6-8(11)4-2-3-5-9(10)12/h8,11H,2-7H2,1H3,(H2,10,12)/t8-/m0/s1. The van der Waals surface area contributed by atoms with Crippen molar-refractivity contribution in [1.29, 1.82) is 0 Å². The Hall–Kier alpha value is -0.610. The molecular weight excluding hydrogens is 170 g/mol. The predicted octanol–water partition coefficient (Wildman–Crippen LogP) is 0.430. The summed E-state index contributed by atoms with van der Waals surface area (Å²) < 4.78 is 4.82. The van der Waals surface area contributed by atoms with E-state index < -0.39 is 0 Å². The van der Waals surface area contributed by atoms with E-state index in [9.17, 15) is 9.90 Å². The molecule has 0 saturated carbocycles. The number of carbonyl (C=O) groups is 1. The number of carbonyl (C=O) groups excluding carboxylic acids is 1. The number of amides is 1. The third-order valence-electron chi connectivity index (χ3n) is 1.87. The molecule has 0 aromatic carbocycles. The summed E-state index contributed by atoms with van der Waals surface area (Å²) in [6.07, 6.45) is 3.08. The molecule has 0 heterocycles. The van der Waals surface area contributed by atoms with Crippen molar-refractivity contribution in [3.63, 3.8) is 0 Å². The van der Waals surface area contributed by atoms with Crippen LogP contribution in [0.2, 0.25) is 0 Å². The third kappa shape index (κ3) is 9.30. The van der Waals surface area contributed by atoms with Crippen molar-refractivity contribution in [2.45, 2.75) is 38.2 Å². The molecule has 1 atom stereocenters. The fourth-order valence-electron chi connectivity index (χ4n) is 1.08. The Bertz CT molecular complexity index is 139. The Morgan fingerprint density at radius 1 is 1.46 bits per heavy atom. The maximum atomic E-state index is 10.4. The summed E-state index contributed by atoms with van der Waals surface area (Å²) in [5, 5.41) is 9.35. The molecule has 4 heteroatoms. The number of ether oxygens (including phenoxy) is 1. The molecular formula is C9H19NO3. The molecule has 0 aliphatic heterocycles. The van der Waals surface area contributed by atoms with Crippen LogP contribution in [0.15, 0.2) is 0 Å². The van der Waals surface area contributed by atoms with E-state index in [1.165, 1.54) is 0 Å². The first-order valence-electron chi connectivity index (χ1n) is 4.62. The molecule has 0 radical (unpaired) electrons.